The molecular formula is C19H21F2N5O3. The topological polar surface area (TPSA) is 79.7 Å². The number of fused-ring (bicyclic) bond motifs is 1. The number of halogens is 2. The van der Waals surface area contributed by atoms with E-state index in [1.807, 2.05) is 0 Å². The van der Waals surface area contributed by atoms with Crippen molar-refractivity contribution in [3.8, 4) is 0 Å². The molecule has 8 nitrogen and oxygen atoms in total. The van der Waals surface area contributed by atoms with Gasteiger partial charge in [0.05, 0.1) is 25.4 Å². The number of aryl methyl sites for hydroxylation is 1. The van der Waals surface area contributed by atoms with Gasteiger partial charge in [-0.15, -0.1) is 0 Å². The van der Waals surface area contributed by atoms with E-state index in [1.165, 1.54) is 11.0 Å². The van der Waals surface area contributed by atoms with E-state index in [1.54, 1.807) is 16.6 Å². The molecule has 2 aliphatic heterocycles. The van der Waals surface area contributed by atoms with E-state index in [9.17, 15) is 18.4 Å². The van der Waals surface area contributed by atoms with Crippen molar-refractivity contribution in [2.75, 3.05) is 38.2 Å². The Hall–Kier alpha value is -3.01. The number of nitrogens with one attached hydrogen (secondary N) is 1. The number of hydrogen-bond acceptors (Lipinski definition) is 4. The fourth-order valence-corrected chi connectivity index (χ4v) is 3.64. The molecular weight excluding hydrogens is 384 g/mol. The summed E-state index contributed by atoms with van der Waals surface area (Å²) in [5.74, 6) is -1.75. The van der Waals surface area contributed by atoms with Crippen molar-refractivity contribution in [1.29, 1.82) is 0 Å². The van der Waals surface area contributed by atoms with Crippen LogP contribution in [0.4, 0.5) is 19.3 Å². The van der Waals surface area contributed by atoms with Crippen LogP contribution in [0.3, 0.4) is 0 Å². The molecule has 1 aromatic carbocycles. The van der Waals surface area contributed by atoms with Crippen molar-refractivity contribution >= 4 is 17.6 Å². The summed E-state index contributed by atoms with van der Waals surface area (Å²) in [7, 11) is 1.78. The minimum Gasteiger partial charge on any atom is -0.378 e. The molecule has 0 atom stereocenters. The third kappa shape index (κ3) is 3.80. The molecule has 3 heterocycles. The number of aromatic nitrogens is 2. The highest BCUT2D eigenvalue weighted by Gasteiger charge is 2.32. The third-order valence-corrected chi connectivity index (χ3v) is 5.20. The molecule has 154 valence electrons. The average Bonchev–Trinajstić information content (AvgIpc) is 3.06. The third-order valence-electron chi connectivity index (χ3n) is 5.20. The number of carbonyl (C=O) groups excluding carboxylic acids is 2. The van der Waals surface area contributed by atoms with Gasteiger partial charge < -0.3 is 19.9 Å². The second-order valence-electron chi connectivity index (χ2n) is 7.03. The number of amides is 3. The number of nitrogens with zero attached hydrogens (tertiary/aromatic N) is 4. The molecule has 1 fully saturated rings. The molecule has 0 saturated carbocycles. The molecule has 0 radical (unpaired) electrons. The minimum atomic E-state index is -0.847. The largest absolute Gasteiger partial charge is 0.378 e. The highest BCUT2D eigenvalue weighted by atomic mass is 19.1. The summed E-state index contributed by atoms with van der Waals surface area (Å²) in [6.07, 6.45) is 0.522. The molecule has 2 aromatic rings. The second-order valence-corrected chi connectivity index (χ2v) is 7.03. The molecule has 1 N–H and O–H groups in total. The summed E-state index contributed by atoms with van der Waals surface area (Å²) < 4.78 is 33.9. The van der Waals surface area contributed by atoms with Gasteiger partial charge in [0, 0.05) is 50.4 Å². The van der Waals surface area contributed by atoms with Crippen LogP contribution in [-0.2, 0) is 24.8 Å². The van der Waals surface area contributed by atoms with Crippen LogP contribution < -0.4 is 5.32 Å². The van der Waals surface area contributed by atoms with Gasteiger partial charge in [0.1, 0.15) is 11.6 Å². The molecule has 0 bridgehead atoms. The first kappa shape index (κ1) is 19.3. The van der Waals surface area contributed by atoms with Gasteiger partial charge in [0.25, 0.3) is 5.91 Å². The van der Waals surface area contributed by atoms with Crippen molar-refractivity contribution < 1.29 is 23.1 Å². The lowest BCUT2D eigenvalue weighted by molar-refractivity contribution is 0.0297. The first-order valence-corrected chi connectivity index (χ1v) is 9.37. The second kappa shape index (κ2) is 7.78. The monoisotopic (exact) mass is 405 g/mol. The maximum absolute atomic E-state index is 13.8. The fourth-order valence-electron chi connectivity index (χ4n) is 3.64. The van der Waals surface area contributed by atoms with Crippen LogP contribution in [0.2, 0.25) is 0 Å². The summed E-state index contributed by atoms with van der Waals surface area (Å²) in [6, 6.07) is 2.45. The van der Waals surface area contributed by atoms with Gasteiger partial charge in [0.2, 0.25) is 0 Å². The smallest absolute Gasteiger partial charge is 0.322 e. The first-order valence-electron chi connectivity index (χ1n) is 9.37. The minimum absolute atomic E-state index is 0.0991. The van der Waals surface area contributed by atoms with Crippen LogP contribution in [-0.4, -0.2) is 64.4 Å². The molecule has 2 aliphatic rings. The Labute approximate surface area is 166 Å². The maximum Gasteiger partial charge on any atom is 0.322 e. The van der Waals surface area contributed by atoms with Crippen LogP contribution in [0.1, 0.15) is 21.7 Å². The Morgan fingerprint density at radius 2 is 1.90 bits per heavy atom. The molecule has 1 aromatic heterocycles. The van der Waals surface area contributed by atoms with Crippen LogP contribution in [0.25, 0.3) is 0 Å². The molecule has 0 unspecified atom stereocenters. The van der Waals surface area contributed by atoms with Gasteiger partial charge in [0.15, 0.2) is 5.69 Å². The van der Waals surface area contributed by atoms with Gasteiger partial charge in [-0.05, 0) is 12.1 Å². The van der Waals surface area contributed by atoms with Gasteiger partial charge in [-0.3, -0.25) is 9.48 Å². The molecule has 10 heteroatoms. The Morgan fingerprint density at radius 1 is 1.14 bits per heavy atom. The summed E-state index contributed by atoms with van der Waals surface area (Å²) in [4.78, 5) is 28.7. The van der Waals surface area contributed by atoms with Gasteiger partial charge in [-0.1, -0.05) is 0 Å². The van der Waals surface area contributed by atoms with Crippen molar-refractivity contribution in [2.24, 2.45) is 7.05 Å². The van der Waals surface area contributed by atoms with Crippen molar-refractivity contribution in [1.82, 2.24) is 19.6 Å². The number of urea groups is 1. The highest BCUT2D eigenvalue weighted by Crippen LogP contribution is 2.25. The van der Waals surface area contributed by atoms with E-state index in [4.69, 9.17) is 4.74 Å². The number of morpholine rings is 1. The van der Waals surface area contributed by atoms with E-state index in [-0.39, 0.29) is 18.1 Å². The van der Waals surface area contributed by atoms with Crippen LogP contribution in [0.15, 0.2) is 18.2 Å². The van der Waals surface area contributed by atoms with Crippen LogP contribution in [0.5, 0.6) is 0 Å². The summed E-state index contributed by atoms with van der Waals surface area (Å²) in [5, 5.41) is 6.86. The van der Waals surface area contributed by atoms with Crippen LogP contribution in [0, 0.1) is 11.6 Å². The lowest BCUT2D eigenvalue weighted by atomic mass is 10.0. The van der Waals surface area contributed by atoms with Gasteiger partial charge >= 0.3 is 6.03 Å². The number of rotatable bonds is 2. The Balaban J connectivity index is 1.52. The summed E-state index contributed by atoms with van der Waals surface area (Å²) in [5.41, 5.74) is 1.83. The van der Waals surface area contributed by atoms with E-state index < -0.39 is 17.7 Å². The van der Waals surface area contributed by atoms with E-state index in [0.29, 0.717) is 56.6 Å². The molecule has 0 spiro atoms. The van der Waals surface area contributed by atoms with Crippen molar-refractivity contribution in [2.45, 2.75) is 13.0 Å². The van der Waals surface area contributed by atoms with Gasteiger partial charge in [-0.25, -0.2) is 13.6 Å². The normalized spacial score (nSPS) is 16.5. The molecule has 29 heavy (non-hydrogen) atoms. The zero-order valence-corrected chi connectivity index (χ0v) is 16.0. The molecule has 4 rings (SSSR count). The van der Waals surface area contributed by atoms with Crippen molar-refractivity contribution in [3.05, 3.63) is 46.8 Å². The highest BCUT2D eigenvalue weighted by molar-refractivity contribution is 5.95. The quantitative estimate of drug-likeness (QED) is 0.826. The van der Waals surface area contributed by atoms with E-state index >= 15 is 0 Å². The zero-order valence-electron chi connectivity index (χ0n) is 16.0. The first-order chi connectivity index (χ1) is 13.9. The lowest BCUT2D eigenvalue weighted by Gasteiger charge is -2.29. The van der Waals surface area contributed by atoms with Gasteiger partial charge in [-0.2, -0.15) is 5.10 Å². The number of hydrogen-bond donors (Lipinski definition) is 1. The lowest BCUT2D eigenvalue weighted by Crippen LogP contribution is -2.42. The number of anilines is 1. The van der Waals surface area contributed by atoms with Crippen molar-refractivity contribution in [3.63, 3.8) is 0 Å². The predicted octanol–water partition coefficient (Wildman–Crippen LogP) is 1.76. The Kier molecular flexibility index (Phi) is 5.18. The molecule has 1 saturated heterocycles. The number of ether oxygens (including phenoxy) is 1. The summed E-state index contributed by atoms with van der Waals surface area (Å²) in [6.45, 7) is 2.54. The number of carbonyl (C=O) groups is 2. The summed E-state index contributed by atoms with van der Waals surface area (Å²) >= 11 is 0. The standard InChI is InChI=1S/C19H21F2N5O3/c1-24-16-4-5-26(19(28)22-15-3-2-12(20)10-14(15)21)11-13(16)17(23-24)18(27)25-6-8-29-9-7-25/h2-3,10H,4-9,11H2,1H3,(H,22,28). The number of benzene rings is 1. The van der Waals surface area contributed by atoms with E-state index in [0.717, 1.165) is 11.8 Å². The Morgan fingerprint density at radius 3 is 2.62 bits per heavy atom. The maximum atomic E-state index is 13.8. The van der Waals surface area contributed by atoms with E-state index in [2.05, 4.69) is 10.4 Å². The molecule has 3 amide bonds. The fraction of sp³-hybridized carbons (Fsp3) is 0.421. The predicted molar refractivity (Wildman–Crippen MR) is 99.4 cm³/mol. The average molecular weight is 405 g/mol. The molecule has 0 aliphatic carbocycles. The van der Waals surface area contributed by atoms with Crippen LogP contribution >= 0.6 is 0 Å². The Bertz CT molecular complexity index is 956. The SMILES string of the molecule is Cn1nc(C(=O)N2CCOCC2)c2c1CCN(C(=O)Nc1ccc(F)cc1F)C2. The zero-order chi connectivity index (χ0) is 20.5.